The average Bonchev–Trinajstić information content (AvgIpc) is 2.86. The van der Waals surface area contributed by atoms with Gasteiger partial charge in [0.1, 0.15) is 0 Å². The number of fused-ring (bicyclic) bond motifs is 1. The Balaban J connectivity index is 1.69. The van der Waals surface area contributed by atoms with Crippen molar-refractivity contribution in [2.24, 2.45) is 11.8 Å². The van der Waals surface area contributed by atoms with Crippen molar-refractivity contribution in [1.82, 2.24) is 5.32 Å². The van der Waals surface area contributed by atoms with E-state index >= 15 is 0 Å². The van der Waals surface area contributed by atoms with Crippen molar-refractivity contribution in [3.63, 3.8) is 0 Å². The molecule has 0 aromatic heterocycles. The summed E-state index contributed by atoms with van der Waals surface area (Å²) in [6.07, 6.45) is 6.78. The summed E-state index contributed by atoms with van der Waals surface area (Å²) in [4.78, 5) is 12.4. The van der Waals surface area contributed by atoms with E-state index in [1.807, 2.05) is 0 Å². The third-order valence-electron chi connectivity index (χ3n) is 4.75. The van der Waals surface area contributed by atoms with E-state index in [1.165, 1.54) is 24.0 Å². The molecule has 0 saturated heterocycles. The van der Waals surface area contributed by atoms with Crippen LogP contribution in [0.25, 0.3) is 0 Å². The Morgan fingerprint density at radius 2 is 2.05 bits per heavy atom. The van der Waals surface area contributed by atoms with Crippen molar-refractivity contribution in [2.45, 2.75) is 51.5 Å². The first-order chi connectivity index (χ1) is 9.24. The van der Waals surface area contributed by atoms with Crippen molar-refractivity contribution >= 4 is 5.91 Å². The third-order valence-corrected chi connectivity index (χ3v) is 4.75. The zero-order chi connectivity index (χ0) is 13.2. The molecule has 2 heteroatoms. The van der Waals surface area contributed by atoms with Crippen LogP contribution in [0.5, 0.6) is 0 Å². The van der Waals surface area contributed by atoms with Gasteiger partial charge in [0.15, 0.2) is 0 Å². The molecule has 0 heterocycles. The standard InChI is InChI=1S/C17H23NO/c1-12-9-10-14(11-12)17(19)18-16-8-4-6-13-5-2-3-7-15(13)16/h2-3,5,7,12,14,16H,4,6,8-11H2,1H3,(H,18,19). The van der Waals surface area contributed by atoms with Gasteiger partial charge in [-0.2, -0.15) is 0 Å². The maximum absolute atomic E-state index is 12.4. The molecule has 19 heavy (non-hydrogen) atoms. The molecule has 1 aromatic carbocycles. The van der Waals surface area contributed by atoms with Gasteiger partial charge < -0.3 is 5.32 Å². The van der Waals surface area contributed by atoms with Crippen LogP contribution < -0.4 is 5.32 Å². The molecule has 3 unspecified atom stereocenters. The van der Waals surface area contributed by atoms with E-state index in [4.69, 9.17) is 0 Å². The minimum absolute atomic E-state index is 0.244. The fraction of sp³-hybridized carbons (Fsp3) is 0.588. The van der Waals surface area contributed by atoms with E-state index in [2.05, 4.69) is 36.5 Å². The SMILES string of the molecule is CC1CCC(C(=O)NC2CCCc3ccccc32)C1. The number of benzene rings is 1. The fourth-order valence-corrected chi connectivity index (χ4v) is 3.64. The van der Waals surface area contributed by atoms with Gasteiger partial charge in [0.25, 0.3) is 0 Å². The summed E-state index contributed by atoms with van der Waals surface area (Å²) in [5, 5.41) is 3.30. The Kier molecular flexibility index (Phi) is 3.58. The lowest BCUT2D eigenvalue weighted by Crippen LogP contribution is -2.34. The molecule has 0 spiro atoms. The first-order valence-electron chi connectivity index (χ1n) is 7.62. The van der Waals surface area contributed by atoms with Gasteiger partial charge in [0.05, 0.1) is 6.04 Å². The fourth-order valence-electron chi connectivity index (χ4n) is 3.64. The van der Waals surface area contributed by atoms with Gasteiger partial charge in [-0.05, 0) is 55.6 Å². The second-order valence-electron chi connectivity index (χ2n) is 6.27. The van der Waals surface area contributed by atoms with Crippen molar-refractivity contribution < 1.29 is 4.79 Å². The molecule has 1 amide bonds. The number of carbonyl (C=O) groups excluding carboxylic acids is 1. The Hall–Kier alpha value is -1.31. The molecule has 3 rings (SSSR count). The largest absolute Gasteiger partial charge is 0.349 e. The number of carbonyl (C=O) groups is 1. The van der Waals surface area contributed by atoms with Crippen LogP contribution in [0.3, 0.4) is 0 Å². The van der Waals surface area contributed by atoms with Gasteiger partial charge >= 0.3 is 0 Å². The van der Waals surface area contributed by atoms with Crippen LogP contribution in [-0.2, 0) is 11.2 Å². The summed E-state index contributed by atoms with van der Waals surface area (Å²) in [6.45, 7) is 2.25. The van der Waals surface area contributed by atoms with E-state index in [9.17, 15) is 4.79 Å². The number of rotatable bonds is 2. The zero-order valence-corrected chi connectivity index (χ0v) is 11.7. The number of hydrogen-bond acceptors (Lipinski definition) is 1. The minimum Gasteiger partial charge on any atom is -0.349 e. The Morgan fingerprint density at radius 3 is 2.84 bits per heavy atom. The topological polar surface area (TPSA) is 29.1 Å². The molecular formula is C17H23NO. The maximum atomic E-state index is 12.4. The van der Waals surface area contributed by atoms with Crippen LogP contribution in [0.15, 0.2) is 24.3 Å². The average molecular weight is 257 g/mol. The van der Waals surface area contributed by atoms with Crippen molar-refractivity contribution in [3.05, 3.63) is 35.4 Å². The second kappa shape index (κ2) is 5.36. The predicted molar refractivity (Wildman–Crippen MR) is 76.8 cm³/mol. The lowest BCUT2D eigenvalue weighted by atomic mass is 9.87. The van der Waals surface area contributed by atoms with Crippen LogP contribution in [0, 0.1) is 11.8 Å². The monoisotopic (exact) mass is 257 g/mol. The Bertz CT molecular complexity index is 468. The van der Waals surface area contributed by atoms with Gasteiger partial charge in [-0.15, -0.1) is 0 Å². The van der Waals surface area contributed by atoms with Crippen molar-refractivity contribution in [3.8, 4) is 0 Å². The Labute approximate surface area is 115 Å². The smallest absolute Gasteiger partial charge is 0.223 e. The highest BCUT2D eigenvalue weighted by Crippen LogP contribution is 2.33. The van der Waals surface area contributed by atoms with Crippen LogP contribution in [0.4, 0.5) is 0 Å². The molecular weight excluding hydrogens is 234 g/mol. The highest BCUT2D eigenvalue weighted by molar-refractivity contribution is 5.79. The normalized spacial score (nSPS) is 29.8. The highest BCUT2D eigenvalue weighted by atomic mass is 16.1. The summed E-state index contributed by atoms with van der Waals surface area (Å²) < 4.78 is 0. The van der Waals surface area contributed by atoms with E-state index in [0.29, 0.717) is 0 Å². The summed E-state index contributed by atoms with van der Waals surface area (Å²) in [5.74, 6) is 1.25. The minimum atomic E-state index is 0.244. The summed E-state index contributed by atoms with van der Waals surface area (Å²) in [6, 6.07) is 8.80. The summed E-state index contributed by atoms with van der Waals surface area (Å²) in [5.41, 5.74) is 2.76. The van der Waals surface area contributed by atoms with Crippen molar-refractivity contribution in [1.29, 1.82) is 0 Å². The first kappa shape index (κ1) is 12.7. The van der Waals surface area contributed by atoms with E-state index in [1.54, 1.807) is 0 Å². The van der Waals surface area contributed by atoms with Gasteiger partial charge in [-0.3, -0.25) is 4.79 Å². The predicted octanol–water partition coefficient (Wildman–Crippen LogP) is 3.62. The molecule has 3 atom stereocenters. The zero-order valence-electron chi connectivity index (χ0n) is 11.7. The van der Waals surface area contributed by atoms with Gasteiger partial charge in [0.2, 0.25) is 5.91 Å². The molecule has 2 aliphatic rings. The summed E-state index contributed by atoms with van der Waals surface area (Å²) in [7, 11) is 0. The van der Waals surface area contributed by atoms with Crippen LogP contribution >= 0.6 is 0 Å². The highest BCUT2D eigenvalue weighted by Gasteiger charge is 2.30. The molecule has 0 radical (unpaired) electrons. The Morgan fingerprint density at radius 1 is 1.21 bits per heavy atom. The number of hydrogen-bond donors (Lipinski definition) is 1. The van der Waals surface area contributed by atoms with E-state index in [-0.39, 0.29) is 17.9 Å². The molecule has 0 aliphatic heterocycles. The van der Waals surface area contributed by atoms with Gasteiger partial charge in [-0.25, -0.2) is 0 Å². The quantitative estimate of drug-likeness (QED) is 0.861. The molecule has 1 aromatic rings. The molecule has 1 fully saturated rings. The van der Waals surface area contributed by atoms with E-state index in [0.717, 1.165) is 31.6 Å². The summed E-state index contributed by atoms with van der Waals surface area (Å²) >= 11 is 0. The first-order valence-corrected chi connectivity index (χ1v) is 7.62. The van der Waals surface area contributed by atoms with Crippen LogP contribution in [0.2, 0.25) is 0 Å². The van der Waals surface area contributed by atoms with Gasteiger partial charge in [0, 0.05) is 5.92 Å². The molecule has 0 bridgehead atoms. The lowest BCUT2D eigenvalue weighted by molar-refractivity contribution is -0.125. The molecule has 2 aliphatic carbocycles. The third kappa shape index (κ3) is 2.68. The second-order valence-corrected chi connectivity index (χ2v) is 6.27. The van der Waals surface area contributed by atoms with Crippen molar-refractivity contribution in [2.75, 3.05) is 0 Å². The van der Waals surface area contributed by atoms with E-state index < -0.39 is 0 Å². The number of amides is 1. The molecule has 102 valence electrons. The lowest BCUT2D eigenvalue weighted by Gasteiger charge is -2.27. The molecule has 1 N–H and O–H groups in total. The number of aryl methyl sites for hydroxylation is 1. The number of nitrogens with one attached hydrogen (secondary N) is 1. The van der Waals surface area contributed by atoms with Gasteiger partial charge in [-0.1, -0.05) is 31.2 Å². The van der Waals surface area contributed by atoms with Crippen LogP contribution in [-0.4, -0.2) is 5.91 Å². The van der Waals surface area contributed by atoms with Crippen LogP contribution in [0.1, 0.15) is 56.2 Å². The molecule has 1 saturated carbocycles. The molecule has 2 nitrogen and oxygen atoms in total. The maximum Gasteiger partial charge on any atom is 0.223 e.